The molecule has 0 aliphatic carbocycles. The molecule has 0 aliphatic heterocycles. The topological polar surface area (TPSA) is 54.4 Å². The highest BCUT2D eigenvalue weighted by atomic mass is 16.4. The molecule has 0 unspecified atom stereocenters. The third-order valence-electron chi connectivity index (χ3n) is 1.62. The molecule has 0 heterocycles. The van der Waals surface area contributed by atoms with Crippen molar-refractivity contribution in [3.63, 3.8) is 0 Å². The van der Waals surface area contributed by atoms with Crippen LogP contribution in [0.15, 0.2) is 5.57 Å². The number of carboxylic acid groups (broad SMARTS) is 1. The summed E-state index contributed by atoms with van der Waals surface area (Å²) in [6.45, 7) is 1.74. The molecule has 68 valence electrons. The van der Waals surface area contributed by atoms with E-state index < -0.39 is 5.97 Å². The molecule has 0 radical (unpaired) electrons. The fourth-order valence-electron chi connectivity index (χ4n) is 0.894. The minimum atomic E-state index is -0.752. The molecule has 0 aromatic rings. The lowest BCUT2D eigenvalue weighted by molar-refractivity contribution is -0.137. The van der Waals surface area contributed by atoms with Gasteiger partial charge in [-0.25, -0.2) is 4.79 Å². The average molecular weight is 170 g/mol. The number of allylic oxidation sites excluding steroid dienone is 1. The average Bonchev–Trinajstić information content (AvgIpc) is 2.03. The van der Waals surface area contributed by atoms with E-state index in [4.69, 9.17) is 5.11 Å². The molecule has 0 aliphatic rings. The summed E-state index contributed by atoms with van der Waals surface area (Å²) in [5.41, 5.74) is 0.713. The molecule has 0 rings (SSSR count). The Hall–Kier alpha value is -1.08. The minimum absolute atomic E-state index is 0.226. The Morgan fingerprint density at radius 2 is 1.83 bits per heavy atom. The number of hydrogen-bond acceptors (Lipinski definition) is 2. The second-order valence-corrected chi connectivity index (χ2v) is 2.84. The van der Waals surface area contributed by atoms with E-state index in [2.05, 4.69) is 0 Å². The molecule has 0 spiro atoms. The highest BCUT2D eigenvalue weighted by Gasteiger charge is 1.96. The quantitative estimate of drug-likeness (QED) is 0.488. The van der Waals surface area contributed by atoms with Gasteiger partial charge in [-0.15, -0.1) is 0 Å². The molecule has 0 saturated heterocycles. The van der Waals surface area contributed by atoms with Gasteiger partial charge in [0, 0.05) is 12.0 Å². The minimum Gasteiger partial charge on any atom is -0.481 e. The van der Waals surface area contributed by atoms with Crippen LogP contribution in [0.1, 0.15) is 39.0 Å². The van der Waals surface area contributed by atoms with Crippen LogP contribution in [0.4, 0.5) is 0 Å². The van der Waals surface area contributed by atoms with Crippen molar-refractivity contribution in [3.8, 4) is 0 Å². The molecule has 0 bridgehead atoms. The number of carbonyl (C=O) groups is 1. The Labute approximate surface area is 72.1 Å². The summed E-state index contributed by atoms with van der Waals surface area (Å²) in [7, 11) is 0. The summed E-state index contributed by atoms with van der Waals surface area (Å²) in [5.74, 6) is 1.06. The molecule has 1 N–H and O–H groups in total. The van der Waals surface area contributed by atoms with E-state index in [0.717, 1.165) is 19.3 Å². The zero-order valence-corrected chi connectivity index (χ0v) is 7.30. The highest BCUT2D eigenvalue weighted by molar-refractivity contribution is 5.66. The summed E-state index contributed by atoms with van der Waals surface area (Å²) in [6.07, 6.45) is 3.41. The van der Waals surface area contributed by atoms with Crippen LogP contribution < -0.4 is 0 Å². The number of carboxylic acids is 1. The van der Waals surface area contributed by atoms with Gasteiger partial charge in [-0.05, 0) is 26.2 Å². The lowest BCUT2D eigenvalue weighted by Crippen LogP contribution is -1.93. The second-order valence-electron chi connectivity index (χ2n) is 2.84. The van der Waals surface area contributed by atoms with E-state index in [0.29, 0.717) is 12.0 Å². The van der Waals surface area contributed by atoms with E-state index in [1.165, 1.54) is 0 Å². The molecule has 0 saturated carbocycles. The van der Waals surface area contributed by atoms with Gasteiger partial charge >= 0.3 is 5.97 Å². The summed E-state index contributed by atoms with van der Waals surface area (Å²) in [6, 6.07) is 0. The Bertz CT molecular complexity index is 190. The Balaban J connectivity index is 3.22. The van der Waals surface area contributed by atoms with Crippen LogP contribution in [0, 0.1) is 0 Å². The van der Waals surface area contributed by atoms with Crippen molar-refractivity contribution in [1.82, 2.24) is 0 Å². The van der Waals surface area contributed by atoms with Crippen molar-refractivity contribution in [2.24, 2.45) is 0 Å². The summed E-state index contributed by atoms with van der Waals surface area (Å²) >= 11 is 0. The molecule has 0 amide bonds. The maximum absolute atomic E-state index is 10.1. The number of unbranched alkanes of at least 4 members (excludes halogenated alkanes) is 2. The fourth-order valence-corrected chi connectivity index (χ4v) is 0.894. The Morgan fingerprint density at radius 3 is 2.33 bits per heavy atom. The van der Waals surface area contributed by atoms with E-state index in [1.807, 2.05) is 5.94 Å². The fraction of sp³-hybridized carbons (Fsp3) is 0.667. The number of carbonyl (C=O) groups excluding carboxylic acids is 1. The van der Waals surface area contributed by atoms with E-state index in [1.54, 1.807) is 6.92 Å². The molecular formula is C9H14O3. The first kappa shape index (κ1) is 10.9. The van der Waals surface area contributed by atoms with Gasteiger partial charge in [0.1, 0.15) is 5.94 Å². The van der Waals surface area contributed by atoms with Crippen LogP contribution in [0.25, 0.3) is 0 Å². The standard InChI is InChI=1S/C9H14O3/c1-8(7-10)5-3-2-4-6-9(11)12/h2-6H2,1H3,(H,11,12). The molecule has 12 heavy (non-hydrogen) atoms. The molecule has 3 heteroatoms. The Morgan fingerprint density at radius 1 is 1.25 bits per heavy atom. The van der Waals surface area contributed by atoms with Crippen LogP contribution in [0.5, 0.6) is 0 Å². The van der Waals surface area contributed by atoms with Crippen molar-refractivity contribution in [2.75, 3.05) is 0 Å². The predicted octanol–water partition coefficient (Wildman–Crippen LogP) is 1.80. The smallest absolute Gasteiger partial charge is 0.303 e. The molecular weight excluding hydrogens is 156 g/mol. The zero-order chi connectivity index (χ0) is 9.40. The van der Waals surface area contributed by atoms with Gasteiger partial charge in [0.05, 0.1) is 0 Å². The van der Waals surface area contributed by atoms with Crippen LogP contribution in [0.3, 0.4) is 0 Å². The lowest BCUT2D eigenvalue weighted by Gasteiger charge is -1.96. The van der Waals surface area contributed by atoms with Crippen LogP contribution in [0.2, 0.25) is 0 Å². The van der Waals surface area contributed by atoms with Gasteiger partial charge in [-0.1, -0.05) is 6.42 Å². The van der Waals surface area contributed by atoms with Crippen molar-refractivity contribution in [1.29, 1.82) is 0 Å². The molecule has 3 nitrogen and oxygen atoms in total. The van der Waals surface area contributed by atoms with Gasteiger partial charge in [-0.2, -0.15) is 0 Å². The second kappa shape index (κ2) is 6.62. The van der Waals surface area contributed by atoms with Crippen LogP contribution >= 0.6 is 0 Å². The van der Waals surface area contributed by atoms with Gasteiger partial charge < -0.3 is 5.11 Å². The van der Waals surface area contributed by atoms with Crippen molar-refractivity contribution < 1.29 is 14.7 Å². The first-order valence-electron chi connectivity index (χ1n) is 4.09. The molecule has 0 aromatic carbocycles. The monoisotopic (exact) mass is 170 g/mol. The lowest BCUT2D eigenvalue weighted by atomic mass is 10.1. The maximum Gasteiger partial charge on any atom is 0.303 e. The van der Waals surface area contributed by atoms with Gasteiger partial charge in [-0.3, -0.25) is 4.79 Å². The number of rotatable bonds is 6. The Kier molecular flexibility index (Phi) is 6.02. The molecule has 0 atom stereocenters. The predicted molar refractivity (Wildman–Crippen MR) is 45.6 cm³/mol. The first-order valence-corrected chi connectivity index (χ1v) is 4.09. The van der Waals surface area contributed by atoms with E-state index in [9.17, 15) is 9.59 Å². The van der Waals surface area contributed by atoms with Gasteiger partial charge in [0.2, 0.25) is 0 Å². The highest BCUT2D eigenvalue weighted by Crippen LogP contribution is 2.06. The van der Waals surface area contributed by atoms with Crippen molar-refractivity contribution in [2.45, 2.75) is 39.0 Å². The van der Waals surface area contributed by atoms with Crippen LogP contribution in [-0.4, -0.2) is 17.0 Å². The largest absolute Gasteiger partial charge is 0.481 e. The van der Waals surface area contributed by atoms with Crippen molar-refractivity contribution >= 4 is 11.9 Å². The molecule has 0 aromatic heterocycles. The third-order valence-corrected chi connectivity index (χ3v) is 1.62. The summed E-state index contributed by atoms with van der Waals surface area (Å²) < 4.78 is 0. The van der Waals surface area contributed by atoms with E-state index in [-0.39, 0.29) is 6.42 Å². The summed E-state index contributed by atoms with van der Waals surface area (Å²) in [4.78, 5) is 20.1. The number of aliphatic carboxylic acids is 1. The third kappa shape index (κ3) is 7.03. The maximum atomic E-state index is 10.1. The first-order chi connectivity index (χ1) is 5.66. The van der Waals surface area contributed by atoms with Crippen LogP contribution in [-0.2, 0) is 9.59 Å². The van der Waals surface area contributed by atoms with E-state index >= 15 is 0 Å². The van der Waals surface area contributed by atoms with Gasteiger partial charge in [0.25, 0.3) is 0 Å². The SMILES string of the molecule is CC(=C=O)CCCCCC(=O)O. The van der Waals surface area contributed by atoms with Crippen molar-refractivity contribution in [3.05, 3.63) is 5.57 Å². The number of hydrogen-bond donors (Lipinski definition) is 1. The van der Waals surface area contributed by atoms with Gasteiger partial charge in [0.15, 0.2) is 0 Å². The zero-order valence-electron chi connectivity index (χ0n) is 7.30. The normalized spacial score (nSPS) is 9.08. The molecule has 0 fully saturated rings. The summed E-state index contributed by atoms with van der Waals surface area (Å²) in [5, 5.41) is 8.30.